The highest BCUT2D eigenvalue weighted by Crippen LogP contribution is 2.40. The number of aromatic nitrogens is 3. The second kappa shape index (κ2) is 7.24. The van der Waals surface area contributed by atoms with Crippen molar-refractivity contribution in [3.63, 3.8) is 0 Å². The van der Waals surface area contributed by atoms with Crippen LogP contribution in [0, 0.1) is 13.8 Å². The molecule has 5 aromatic rings. The zero-order valence-corrected chi connectivity index (χ0v) is 19.1. The van der Waals surface area contributed by atoms with E-state index in [9.17, 15) is 8.42 Å². The monoisotopic (exact) mass is 445 g/mol. The van der Waals surface area contributed by atoms with Crippen LogP contribution in [0.1, 0.15) is 11.1 Å². The van der Waals surface area contributed by atoms with Crippen molar-refractivity contribution in [3.8, 4) is 17.0 Å². The van der Waals surface area contributed by atoms with Crippen LogP contribution in [-0.4, -0.2) is 29.1 Å². The lowest BCUT2D eigenvalue weighted by Gasteiger charge is -2.12. The van der Waals surface area contributed by atoms with Crippen molar-refractivity contribution in [1.29, 1.82) is 0 Å². The van der Waals surface area contributed by atoms with Crippen molar-refractivity contribution in [3.05, 3.63) is 78.1 Å². The fourth-order valence-electron chi connectivity index (χ4n) is 4.29. The molecule has 0 amide bonds. The normalized spacial score (nSPS) is 12.0. The number of methoxy groups -OCH3 is 1. The lowest BCUT2D eigenvalue weighted by molar-refractivity contribution is 0.415. The molecule has 162 valence electrons. The number of aryl methyl sites for hydroxylation is 3. The minimum absolute atomic E-state index is 0.227. The summed E-state index contributed by atoms with van der Waals surface area (Å²) in [6.07, 6.45) is 3.59. The third-order valence-electron chi connectivity index (χ3n) is 5.95. The average Bonchev–Trinajstić information content (AvgIpc) is 3.28. The molecule has 6 nitrogen and oxygen atoms in total. The molecule has 0 saturated carbocycles. The zero-order chi connectivity index (χ0) is 22.6. The molecule has 0 atom stereocenters. The van der Waals surface area contributed by atoms with Gasteiger partial charge in [-0.05, 0) is 61.9 Å². The van der Waals surface area contributed by atoms with E-state index in [1.54, 1.807) is 37.6 Å². The van der Waals surface area contributed by atoms with E-state index in [1.165, 1.54) is 3.97 Å². The van der Waals surface area contributed by atoms with Gasteiger partial charge in [-0.15, -0.1) is 0 Å². The van der Waals surface area contributed by atoms with Gasteiger partial charge in [-0.25, -0.2) is 17.4 Å². The second-order valence-corrected chi connectivity index (χ2v) is 9.75. The van der Waals surface area contributed by atoms with Crippen molar-refractivity contribution in [2.75, 3.05) is 7.11 Å². The number of hydrogen-bond acceptors (Lipinski definition) is 4. The van der Waals surface area contributed by atoms with E-state index in [4.69, 9.17) is 4.74 Å². The minimum atomic E-state index is -3.90. The SMILES string of the molecule is COc1ccc2c(c1)c(-c1c(C)c3cccnc3n1S(=O)(=O)c1ccc(C)cc1)cn2C. The molecule has 0 radical (unpaired) electrons. The highest BCUT2D eigenvalue weighted by atomic mass is 32.2. The van der Waals surface area contributed by atoms with Crippen LogP contribution in [-0.2, 0) is 17.1 Å². The van der Waals surface area contributed by atoms with Gasteiger partial charge in [0.25, 0.3) is 10.0 Å². The maximum atomic E-state index is 13.9. The van der Waals surface area contributed by atoms with Crippen LogP contribution in [0.2, 0.25) is 0 Å². The Morgan fingerprint density at radius 2 is 1.72 bits per heavy atom. The van der Waals surface area contributed by atoms with E-state index in [1.807, 2.05) is 62.0 Å². The van der Waals surface area contributed by atoms with E-state index >= 15 is 0 Å². The Morgan fingerprint density at radius 3 is 2.44 bits per heavy atom. The first kappa shape index (κ1) is 20.3. The Balaban J connectivity index is 1.91. The molecule has 0 unspecified atom stereocenters. The fraction of sp³-hybridized carbons (Fsp3) is 0.160. The molecule has 2 aromatic carbocycles. The topological polar surface area (TPSA) is 66.1 Å². The Morgan fingerprint density at radius 1 is 0.969 bits per heavy atom. The quantitative estimate of drug-likeness (QED) is 0.388. The molecule has 0 saturated heterocycles. The average molecular weight is 446 g/mol. The van der Waals surface area contributed by atoms with Crippen LogP contribution in [0.15, 0.2) is 71.9 Å². The van der Waals surface area contributed by atoms with E-state index in [0.717, 1.165) is 33.0 Å². The molecule has 0 aliphatic heterocycles. The molecule has 0 spiro atoms. The smallest absolute Gasteiger partial charge is 0.269 e. The number of pyridine rings is 1. The van der Waals surface area contributed by atoms with Crippen molar-refractivity contribution < 1.29 is 13.2 Å². The van der Waals surface area contributed by atoms with Gasteiger partial charge in [0, 0.05) is 41.3 Å². The predicted molar refractivity (Wildman–Crippen MR) is 127 cm³/mol. The number of benzene rings is 2. The maximum Gasteiger partial charge on any atom is 0.269 e. The second-order valence-electron chi connectivity index (χ2n) is 7.97. The molecule has 0 fully saturated rings. The lowest BCUT2D eigenvalue weighted by atomic mass is 10.1. The molecular weight excluding hydrogens is 422 g/mol. The third-order valence-corrected chi connectivity index (χ3v) is 7.66. The molecular formula is C25H23N3O3S. The molecule has 0 N–H and O–H groups in total. The summed E-state index contributed by atoms with van der Waals surface area (Å²) in [5.74, 6) is 0.713. The van der Waals surface area contributed by atoms with E-state index in [2.05, 4.69) is 4.98 Å². The molecule has 0 aliphatic rings. The van der Waals surface area contributed by atoms with Crippen LogP contribution < -0.4 is 4.74 Å². The van der Waals surface area contributed by atoms with Gasteiger partial charge in [0.1, 0.15) is 5.75 Å². The van der Waals surface area contributed by atoms with Crippen LogP contribution in [0.25, 0.3) is 33.2 Å². The van der Waals surface area contributed by atoms with Gasteiger partial charge in [-0.2, -0.15) is 0 Å². The number of rotatable bonds is 4. The fourth-order valence-corrected chi connectivity index (χ4v) is 5.82. The molecule has 3 aromatic heterocycles. The summed E-state index contributed by atoms with van der Waals surface area (Å²) < 4.78 is 36.7. The van der Waals surface area contributed by atoms with Crippen LogP contribution in [0.4, 0.5) is 0 Å². The number of hydrogen-bond donors (Lipinski definition) is 0. The third kappa shape index (κ3) is 2.92. The van der Waals surface area contributed by atoms with Gasteiger partial charge < -0.3 is 9.30 Å². The van der Waals surface area contributed by atoms with Crippen molar-refractivity contribution in [2.45, 2.75) is 18.7 Å². The van der Waals surface area contributed by atoms with Gasteiger partial charge in [-0.3, -0.25) is 0 Å². The van der Waals surface area contributed by atoms with Crippen molar-refractivity contribution >= 4 is 32.0 Å². The molecule has 32 heavy (non-hydrogen) atoms. The van der Waals surface area contributed by atoms with Gasteiger partial charge in [0.05, 0.1) is 17.7 Å². The predicted octanol–water partition coefficient (Wildman–Crippen LogP) is 5.06. The standard InChI is InChI=1S/C25H23N3O3S/c1-16-7-10-19(11-8-16)32(29,30)28-24(17(2)20-6-5-13-26-25(20)28)22-15-27(3)23-12-9-18(31-4)14-21(22)23/h5-15H,1-4H3. The minimum Gasteiger partial charge on any atom is -0.497 e. The molecule has 0 aliphatic carbocycles. The maximum absolute atomic E-state index is 13.9. The largest absolute Gasteiger partial charge is 0.497 e. The van der Waals surface area contributed by atoms with Crippen LogP contribution in [0.3, 0.4) is 0 Å². The number of ether oxygens (including phenoxy) is 1. The molecule has 7 heteroatoms. The Kier molecular flexibility index (Phi) is 4.60. The van der Waals surface area contributed by atoms with E-state index < -0.39 is 10.0 Å². The lowest BCUT2D eigenvalue weighted by Crippen LogP contribution is -2.15. The van der Waals surface area contributed by atoms with Gasteiger partial charge in [0.2, 0.25) is 0 Å². The summed E-state index contributed by atoms with van der Waals surface area (Å²) in [6, 6.07) is 16.5. The highest BCUT2D eigenvalue weighted by molar-refractivity contribution is 7.90. The van der Waals surface area contributed by atoms with Crippen molar-refractivity contribution in [1.82, 2.24) is 13.5 Å². The van der Waals surface area contributed by atoms with Gasteiger partial charge >= 0.3 is 0 Å². The molecule has 5 rings (SSSR count). The van der Waals surface area contributed by atoms with Crippen molar-refractivity contribution in [2.24, 2.45) is 7.05 Å². The van der Waals surface area contributed by atoms with Crippen LogP contribution in [0.5, 0.6) is 5.75 Å². The first-order valence-corrected chi connectivity index (χ1v) is 11.7. The summed E-state index contributed by atoms with van der Waals surface area (Å²) in [5.41, 5.74) is 4.68. The first-order chi connectivity index (χ1) is 15.3. The summed E-state index contributed by atoms with van der Waals surface area (Å²) in [4.78, 5) is 4.70. The summed E-state index contributed by atoms with van der Waals surface area (Å²) >= 11 is 0. The Labute approximate surface area is 186 Å². The molecule has 0 bridgehead atoms. The Hall–Kier alpha value is -3.58. The summed E-state index contributed by atoms with van der Waals surface area (Å²) in [7, 11) is -0.327. The van der Waals surface area contributed by atoms with Crippen LogP contribution >= 0.6 is 0 Å². The zero-order valence-electron chi connectivity index (χ0n) is 18.3. The Bertz CT molecular complexity index is 1590. The van der Waals surface area contributed by atoms with E-state index in [0.29, 0.717) is 17.1 Å². The highest BCUT2D eigenvalue weighted by Gasteiger charge is 2.28. The van der Waals surface area contributed by atoms with Gasteiger partial charge in [-0.1, -0.05) is 17.7 Å². The number of fused-ring (bicyclic) bond motifs is 2. The number of nitrogens with zero attached hydrogens (tertiary/aromatic N) is 3. The summed E-state index contributed by atoms with van der Waals surface area (Å²) in [6.45, 7) is 3.88. The first-order valence-electron chi connectivity index (χ1n) is 10.2. The van der Waals surface area contributed by atoms with E-state index in [-0.39, 0.29) is 4.90 Å². The van der Waals surface area contributed by atoms with Gasteiger partial charge in [0.15, 0.2) is 5.65 Å². The summed E-state index contributed by atoms with van der Waals surface area (Å²) in [5, 5.41) is 1.72. The molecule has 3 heterocycles.